The molecular formula is C16H14N4O. The number of carbonyl (C=O) groups is 1. The Labute approximate surface area is 121 Å². The van der Waals surface area contributed by atoms with E-state index in [0.29, 0.717) is 0 Å². The molecule has 0 radical (unpaired) electrons. The molecule has 5 heteroatoms. The summed E-state index contributed by atoms with van der Waals surface area (Å²) in [5.41, 5.74) is 6.59. The van der Waals surface area contributed by atoms with Gasteiger partial charge in [-0.1, -0.05) is 6.07 Å². The first-order valence-corrected chi connectivity index (χ1v) is 6.94. The van der Waals surface area contributed by atoms with E-state index in [0.717, 1.165) is 29.6 Å². The average Bonchev–Trinajstić information content (AvgIpc) is 2.94. The lowest BCUT2D eigenvalue weighted by atomic mass is 9.85. The van der Waals surface area contributed by atoms with Crippen LogP contribution >= 0.6 is 0 Å². The van der Waals surface area contributed by atoms with Crippen LogP contribution in [0, 0.1) is 0 Å². The Bertz CT molecular complexity index is 866. The van der Waals surface area contributed by atoms with Crippen molar-refractivity contribution in [3.63, 3.8) is 0 Å². The van der Waals surface area contributed by atoms with Crippen LogP contribution in [0.3, 0.4) is 0 Å². The van der Waals surface area contributed by atoms with Crippen molar-refractivity contribution in [2.45, 2.75) is 19.8 Å². The van der Waals surface area contributed by atoms with Crippen LogP contribution in [0.1, 0.15) is 18.1 Å². The van der Waals surface area contributed by atoms with Crippen molar-refractivity contribution >= 4 is 22.6 Å². The Morgan fingerprint density at radius 2 is 2.10 bits per heavy atom. The molecule has 2 heterocycles. The predicted molar refractivity (Wildman–Crippen MR) is 81.0 cm³/mol. The summed E-state index contributed by atoms with van der Waals surface area (Å²) in [4.78, 5) is 15.6. The summed E-state index contributed by atoms with van der Waals surface area (Å²) >= 11 is 0. The molecule has 3 aromatic rings. The summed E-state index contributed by atoms with van der Waals surface area (Å²) in [6.45, 7) is 1.52. The fourth-order valence-corrected chi connectivity index (χ4v) is 3.04. The molecule has 2 N–H and O–H groups in total. The Morgan fingerprint density at radius 3 is 2.95 bits per heavy atom. The van der Waals surface area contributed by atoms with Gasteiger partial charge in [0, 0.05) is 24.2 Å². The van der Waals surface area contributed by atoms with Crippen LogP contribution in [0.5, 0.6) is 0 Å². The largest absolute Gasteiger partial charge is 0.326 e. The van der Waals surface area contributed by atoms with Gasteiger partial charge in [0.15, 0.2) is 5.65 Å². The highest BCUT2D eigenvalue weighted by Gasteiger charge is 2.20. The second kappa shape index (κ2) is 4.41. The lowest BCUT2D eigenvalue weighted by molar-refractivity contribution is -0.114. The molecule has 1 aromatic carbocycles. The van der Waals surface area contributed by atoms with Gasteiger partial charge in [0.1, 0.15) is 0 Å². The number of nitrogens with zero attached hydrogens (tertiary/aromatic N) is 2. The highest BCUT2D eigenvalue weighted by atomic mass is 16.1. The minimum atomic E-state index is -0.0485. The zero-order valence-corrected chi connectivity index (χ0v) is 11.6. The predicted octanol–water partition coefficient (Wildman–Crippen LogP) is 2.68. The molecular weight excluding hydrogens is 264 g/mol. The van der Waals surface area contributed by atoms with Crippen LogP contribution in [0.2, 0.25) is 0 Å². The zero-order valence-electron chi connectivity index (χ0n) is 11.6. The van der Waals surface area contributed by atoms with Crippen molar-refractivity contribution in [1.29, 1.82) is 0 Å². The third-order valence-corrected chi connectivity index (χ3v) is 3.92. The van der Waals surface area contributed by atoms with Crippen LogP contribution in [0.4, 0.5) is 5.69 Å². The molecule has 0 spiro atoms. The molecule has 5 nitrogen and oxygen atoms in total. The topological polar surface area (TPSA) is 70.7 Å². The monoisotopic (exact) mass is 278 g/mol. The number of hydrogen-bond donors (Lipinski definition) is 2. The summed E-state index contributed by atoms with van der Waals surface area (Å²) in [7, 11) is 0. The molecule has 104 valence electrons. The van der Waals surface area contributed by atoms with Gasteiger partial charge in [-0.15, -0.1) is 0 Å². The number of nitrogens with one attached hydrogen (secondary N) is 2. The fraction of sp³-hybridized carbons (Fsp3) is 0.188. The fourth-order valence-electron chi connectivity index (χ4n) is 3.04. The van der Waals surface area contributed by atoms with E-state index in [1.807, 2.05) is 18.5 Å². The number of anilines is 1. The van der Waals surface area contributed by atoms with Crippen molar-refractivity contribution in [2.75, 3.05) is 5.32 Å². The van der Waals surface area contributed by atoms with Gasteiger partial charge in [-0.3, -0.25) is 9.89 Å². The maximum absolute atomic E-state index is 11.2. The molecule has 4 rings (SSSR count). The van der Waals surface area contributed by atoms with Gasteiger partial charge in [-0.25, -0.2) is 4.98 Å². The first kappa shape index (κ1) is 12.1. The summed E-state index contributed by atoms with van der Waals surface area (Å²) < 4.78 is 0. The zero-order chi connectivity index (χ0) is 14.4. The molecule has 0 atom stereocenters. The normalized spacial score (nSPS) is 12.8. The summed E-state index contributed by atoms with van der Waals surface area (Å²) in [6, 6.07) is 6.08. The second-order valence-corrected chi connectivity index (χ2v) is 5.34. The maximum atomic E-state index is 11.2. The molecule has 2 aromatic heterocycles. The smallest absolute Gasteiger partial charge is 0.221 e. The molecule has 1 amide bonds. The lowest BCUT2D eigenvalue weighted by Gasteiger charge is -2.21. The third kappa shape index (κ3) is 1.89. The number of rotatable bonds is 1. The van der Waals surface area contributed by atoms with E-state index in [-0.39, 0.29) is 5.91 Å². The number of aromatic nitrogens is 3. The van der Waals surface area contributed by atoms with E-state index in [9.17, 15) is 4.79 Å². The number of fused-ring (bicyclic) bond motifs is 5. The van der Waals surface area contributed by atoms with Gasteiger partial charge in [-0.05, 0) is 47.2 Å². The molecule has 0 fully saturated rings. The number of aromatic amines is 1. The van der Waals surface area contributed by atoms with Crippen LogP contribution < -0.4 is 5.32 Å². The van der Waals surface area contributed by atoms with Crippen molar-refractivity contribution < 1.29 is 4.79 Å². The maximum Gasteiger partial charge on any atom is 0.221 e. The minimum absolute atomic E-state index is 0.0485. The van der Waals surface area contributed by atoms with Gasteiger partial charge >= 0.3 is 0 Å². The first-order chi connectivity index (χ1) is 10.2. The van der Waals surface area contributed by atoms with Crippen LogP contribution in [0.15, 0.2) is 30.6 Å². The molecule has 1 aliphatic rings. The van der Waals surface area contributed by atoms with Gasteiger partial charge in [0.05, 0.1) is 6.20 Å². The number of hydrogen-bond acceptors (Lipinski definition) is 3. The van der Waals surface area contributed by atoms with Gasteiger partial charge < -0.3 is 5.32 Å². The van der Waals surface area contributed by atoms with E-state index in [1.54, 1.807) is 0 Å². The molecule has 0 saturated carbocycles. The average molecular weight is 278 g/mol. The summed E-state index contributed by atoms with van der Waals surface area (Å²) in [5, 5.41) is 10.9. The van der Waals surface area contributed by atoms with E-state index in [4.69, 9.17) is 0 Å². The third-order valence-electron chi connectivity index (χ3n) is 3.92. The van der Waals surface area contributed by atoms with Crippen molar-refractivity contribution in [2.24, 2.45) is 0 Å². The first-order valence-electron chi connectivity index (χ1n) is 6.94. The molecule has 0 saturated heterocycles. The lowest BCUT2D eigenvalue weighted by Crippen LogP contribution is -2.09. The Morgan fingerprint density at radius 1 is 1.24 bits per heavy atom. The van der Waals surface area contributed by atoms with Crippen LogP contribution in [-0.4, -0.2) is 21.1 Å². The number of pyridine rings is 1. The number of H-pyrrole nitrogens is 1. The van der Waals surface area contributed by atoms with Crippen molar-refractivity contribution in [3.8, 4) is 11.1 Å². The van der Waals surface area contributed by atoms with Gasteiger partial charge in [0.2, 0.25) is 5.91 Å². The summed E-state index contributed by atoms with van der Waals surface area (Å²) in [6.07, 6.45) is 5.68. The number of carbonyl (C=O) groups excluding carboxylic acids is 1. The van der Waals surface area contributed by atoms with Crippen molar-refractivity contribution in [3.05, 3.63) is 41.7 Å². The molecule has 0 bridgehead atoms. The van der Waals surface area contributed by atoms with Crippen LogP contribution in [-0.2, 0) is 17.6 Å². The highest BCUT2D eigenvalue weighted by molar-refractivity contribution is 5.96. The Hall–Kier alpha value is -2.69. The Balaban J connectivity index is 1.91. The number of aryl methyl sites for hydroxylation is 2. The van der Waals surface area contributed by atoms with Gasteiger partial charge in [-0.2, -0.15) is 5.10 Å². The standard InChI is InChI=1S/C16H14N4O/c1-9(21)19-12-4-5-13-10(6-12)2-3-11-7-17-16-14(15(11)13)8-18-20-16/h4-8H,2-3H2,1H3,(H,19,21)(H,17,18,20). The minimum Gasteiger partial charge on any atom is -0.326 e. The van der Waals surface area contributed by atoms with Crippen molar-refractivity contribution in [1.82, 2.24) is 15.2 Å². The SMILES string of the molecule is CC(=O)Nc1ccc2c(c1)CCc1cnc3[nH]ncc3c1-2. The molecule has 0 unspecified atom stereocenters. The van der Waals surface area contributed by atoms with Crippen LogP contribution in [0.25, 0.3) is 22.2 Å². The van der Waals surface area contributed by atoms with E-state index in [1.165, 1.54) is 29.2 Å². The summed E-state index contributed by atoms with van der Waals surface area (Å²) in [5.74, 6) is -0.0485. The highest BCUT2D eigenvalue weighted by Crippen LogP contribution is 2.38. The quantitative estimate of drug-likeness (QED) is 0.719. The number of benzene rings is 1. The molecule has 1 aliphatic carbocycles. The van der Waals surface area contributed by atoms with E-state index >= 15 is 0 Å². The number of amides is 1. The van der Waals surface area contributed by atoms with Gasteiger partial charge in [0.25, 0.3) is 0 Å². The second-order valence-electron chi connectivity index (χ2n) is 5.34. The Kier molecular flexibility index (Phi) is 2.54. The van der Waals surface area contributed by atoms with E-state index in [2.05, 4.69) is 32.6 Å². The molecule has 0 aliphatic heterocycles. The van der Waals surface area contributed by atoms with E-state index < -0.39 is 0 Å². The molecule has 21 heavy (non-hydrogen) atoms.